The number of phenols is 1. The molecule has 0 spiro atoms. The lowest BCUT2D eigenvalue weighted by Gasteiger charge is -2.15. The number of ketones is 1. The number of nitrogens with one attached hydrogen (secondary N) is 1. The number of hydrogen-bond acceptors (Lipinski definition) is 6. The number of phenolic OH excluding ortho intramolecular Hbond substituents is 1. The van der Waals surface area contributed by atoms with E-state index in [4.69, 9.17) is 16.7 Å². The van der Waals surface area contributed by atoms with E-state index in [1.54, 1.807) is 24.3 Å². The van der Waals surface area contributed by atoms with Crippen LogP contribution in [0.25, 0.3) is 0 Å². The lowest BCUT2D eigenvalue weighted by atomic mass is 9.97. The molecule has 0 fully saturated rings. The van der Waals surface area contributed by atoms with E-state index >= 15 is 0 Å². The zero-order valence-corrected chi connectivity index (χ0v) is 17.7. The van der Waals surface area contributed by atoms with Gasteiger partial charge in [0.1, 0.15) is 5.75 Å². The molecule has 3 rings (SSSR count). The molecule has 0 aliphatic heterocycles. The molecule has 3 aromatic carbocycles. The average Bonchev–Trinajstić information content (AvgIpc) is 2.80. The molecule has 0 bridgehead atoms. The first-order chi connectivity index (χ1) is 15.2. The van der Waals surface area contributed by atoms with E-state index in [9.17, 15) is 14.7 Å². The van der Waals surface area contributed by atoms with Gasteiger partial charge in [0.15, 0.2) is 11.6 Å². The molecule has 164 valence electrons. The number of anilines is 2. The number of benzene rings is 3. The average molecular weight is 432 g/mol. The van der Waals surface area contributed by atoms with Crippen molar-refractivity contribution in [3.05, 3.63) is 88.5 Å². The van der Waals surface area contributed by atoms with E-state index in [0.29, 0.717) is 17.0 Å². The summed E-state index contributed by atoms with van der Waals surface area (Å²) in [5.41, 5.74) is 13.6. The van der Waals surface area contributed by atoms with E-state index in [1.807, 2.05) is 12.1 Å². The fourth-order valence-corrected chi connectivity index (χ4v) is 3.20. The van der Waals surface area contributed by atoms with Gasteiger partial charge in [-0.3, -0.25) is 9.59 Å². The third-order valence-corrected chi connectivity index (χ3v) is 5.05. The summed E-state index contributed by atoms with van der Waals surface area (Å²) < 4.78 is 0. The maximum Gasteiger partial charge on any atom is 0.255 e. The topological polar surface area (TPSA) is 151 Å². The molecule has 1 amide bonds. The standard InChI is InChI=1S/C24H24N4O4/c1-13(2)14-6-8-15(9-7-14)24(31)27-21-18(25)10-11-19(29)20(21)22(30)16-4-3-5-17(12-16)23(26)28-32/h3-13,29,32H,25H2,1-2H3,(H2,26,28)(H,27,31). The molecule has 0 radical (unpaired) electrons. The number of oxime groups is 1. The van der Waals surface area contributed by atoms with Gasteiger partial charge in [-0.15, -0.1) is 0 Å². The normalized spacial score (nSPS) is 11.4. The van der Waals surface area contributed by atoms with Gasteiger partial charge >= 0.3 is 0 Å². The molecule has 8 heteroatoms. The second-order valence-corrected chi connectivity index (χ2v) is 7.55. The molecule has 0 aliphatic rings. The summed E-state index contributed by atoms with van der Waals surface area (Å²) in [6.07, 6.45) is 0. The van der Waals surface area contributed by atoms with Gasteiger partial charge in [0.25, 0.3) is 5.91 Å². The maximum absolute atomic E-state index is 13.2. The Balaban J connectivity index is 1.99. The smallest absolute Gasteiger partial charge is 0.255 e. The Labute approximate surface area is 185 Å². The number of hydrogen-bond donors (Lipinski definition) is 5. The summed E-state index contributed by atoms with van der Waals surface area (Å²) in [6, 6.07) is 15.8. The Morgan fingerprint density at radius 3 is 2.25 bits per heavy atom. The van der Waals surface area contributed by atoms with Crippen molar-refractivity contribution >= 4 is 28.9 Å². The van der Waals surface area contributed by atoms with Crippen LogP contribution in [-0.2, 0) is 0 Å². The number of aromatic hydroxyl groups is 1. The number of amides is 1. The van der Waals surface area contributed by atoms with Crippen molar-refractivity contribution in [2.75, 3.05) is 11.1 Å². The Morgan fingerprint density at radius 2 is 1.62 bits per heavy atom. The van der Waals surface area contributed by atoms with Crippen molar-refractivity contribution < 1.29 is 19.9 Å². The van der Waals surface area contributed by atoms with Gasteiger partial charge in [-0.25, -0.2) is 0 Å². The van der Waals surface area contributed by atoms with E-state index in [1.165, 1.54) is 24.3 Å². The minimum atomic E-state index is -0.590. The van der Waals surface area contributed by atoms with Gasteiger partial charge in [-0.2, -0.15) is 0 Å². The molecule has 7 N–H and O–H groups in total. The van der Waals surface area contributed by atoms with Gasteiger partial charge in [0.05, 0.1) is 16.9 Å². The molecule has 0 aromatic heterocycles. The second kappa shape index (κ2) is 9.22. The number of rotatable bonds is 6. The van der Waals surface area contributed by atoms with Crippen molar-refractivity contribution in [2.24, 2.45) is 10.9 Å². The molecule has 0 saturated heterocycles. The van der Waals surface area contributed by atoms with Crippen molar-refractivity contribution in [2.45, 2.75) is 19.8 Å². The molecule has 8 nitrogen and oxygen atoms in total. The lowest BCUT2D eigenvalue weighted by molar-refractivity contribution is 0.102. The highest BCUT2D eigenvalue weighted by molar-refractivity contribution is 6.19. The highest BCUT2D eigenvalue weighted by Gasteiger charge is 2.23. The fraction of sp³-hybridized carbons (Fsp3) is 0.125. The SMILES string of the molecule is CC(C)c1ccc(C(=O)Nc2c(N)ccc(O)c2C(=O)c2cccc(C(N)=NO)c2)cc1. The van der Waals surface area contributed by atoms with Crippen LogP contribution in [0.4, 0.5) is 11.4 Å². The number of carbonyl (C=O) groups excluding carboxylic acids is 2. The van der Waals surface area contributed by atoms with E-state index in [2.05, 4.69) is 24.3 Å². The molecule has 3 aromatic rings. The van der Waals surface area contributed by atoms with Gasteiger partial charge in [-0.1, -0.05) is 49.3 Å². The van der Waals surface area contributed by atoms with Crippen molar-refractivity contribution in [3.63, 3.8) is 0 Å². The number of nitrogens with zero attached hydrogens (tertiary/aromatic N) is 1. The van der Waals surface area contributed by atoms with Crippen molar-refractivity contribution in [1.82, 2.24) is 0 Å². The highest BCUT2D eigenvalue weighted by atomic mass is 16.4. The van der Waals surface area contributed by atoms with Crippen LogP contribution in [0.2, 0.25) is 0 Å². The second-order valence-electron chi connectivity index (χ2n) is 7.55. The third kappa shape index (κ3) is 4.54. The maximum atomic E-state index is 13.2. The summed E-state index contributed by atoms with van der Waals surface area (Å²) in [4.78, 5) is 26.1. The largest absolute Gasteiger partial charge is 0.507 e. The molecular formula is C24H24N4O4. The fourth-order valence-electron chi connectivity index (χ4n) is 3.20. The summed E-state index contributed by atoms with van der Waals surface area (Å²) in [5, 5.41) is 24.9. The van der Waals surface area contributed by atoms with E-state index in [-0.39, 0.29) is 34.1 Å². The number of carbonyl (C=O) groups is 2. The zero-order valence-electron chi connectivity index (χ0n) is 17.7. The van der Waals surface area contributed by atoms with Gasteiger partial charge < -0.3 is 27.1 Å². The first kappa shape index (κ1) is 22.4. The zero-order chi connectivity index (χ0) is 23.4. The molecule has 0 aliphatic carbocycles. The van der Waals surface area contributed by atoms with Crippen LogP contribution in [0.3, 0.4) is 0 Å². The lowest BCUT2D eigenvalue weighted by Crippen LogP contribution is -2.18. The first-order valence-electron chi connectivity index (χ1n) is 9.88. The van der Waals surface area contributed by atoms with Crippen molar-refractivity contribution in [1.29, 1.82) is 0 Å². The number of nitrogen functional groups attached to an aromatic ring is 1. The Hall–Kier alpha value is -4.33. The Kier molecular flexibility index (Phi) is 6.44. The van der Waals surface area contributed by atoms with Gasteiger partial charge in [-0.05, 0) is 41.8 Å². The van der Waals surface area contributed by atoms with Gasteiger partial charge in [0.2, 0.25) is 0 Å². The van der Waals surface area contributed by atoms with Crippen LogP contribution in [0.15, 0.2) is 65.8 Å². The molecule has 0 heterocycles. The van der Waals surface area contributed by atoms with Crippen molar-refractivity contribution in [3.8, 4) is 5.75 Å². The number of amidine groups is 1. The molecule has 0 unspecified atom stereocenters. The van der Waals surface area contributed by atoms with Crippen LogP contribution in [0, 0.1) is 0 Å². The summed E-state index contributed by atoms with van der Waals surface area (Å²) >= 11 is 0. The van der Waals surface area contributed by atoms with Gasteiger partial charge in [0, 0.05) is 16.7 Å². The van der Waals surface area contributed by atoms with Crippen LogP contribution < -0.4 is 16.8 Å². The van der Waals surface area contributed by atoms with Crippen LogP contribution in [0.1, 0.15) is 57.2 Å². The summed E-state index contributed by atoms with van der Waals surface area (Å²) in [5.74, 6) is -1.26. The first-order valence-corrected chi connectivity index (χ1v) is 9.88. The Bertz CT molecular complexity index is 1200. The molecule has 0 atom stereocenters. The van der Waals surface area contributed by atoms with E-state index < -0.39 is 11.7 Å². The quantitative estimate of drug-likeness (QED) is 0.0762. The number of nitrogens with two attached hydrogens (primary N) is 2. The highest BCUT2D eigenvalue weighted by Crippen LogP contribution is 2.34. The Morgan fingerprint density at radius 1 is 0.969 bits per heavy atom. The molecule has 0 saturated carbocycles. The molecular weight excluding hydrogens is 408 g/mol. The van der Waals surface area contributed by atoms with Crippen LogP contribution in [-0.4, -0.2) is 27.8 Å². The predicted molar refractivity (Wildman–Crippen MR) is 123 cm³/mol. The third-order valence-electron chi connectivity index (χ3n) is 5.05. The van der Waals surface area contributed by atoms with Crippen LogP contribution >= 0.6 is 0 Å². The molecule has 32 heavy (non-hydrogen) atoms. The summed E-state index contributed by atoms with van der Waals surface area (Å²) in [6.45, 7) is 4.10. The predicted octanol–water partition coefficient (Wildman–Crippen LogP) is 3.68. The minimum absolute atomic E-state index is 0.00198. The van der Waals surface area contributed by atoms with Crippen LogP contribution in [0.5, 0.6) is 5.75 Å². The minimum Gasteiger partial charge on any atom is -0.507 e. The van der Waals surface area contributed by atoms with E-state index in [0.717, 1.165) is 5.56 Å². The monoisotopic (exact) mass is 432 g/mol. The summed E-state index contributed by atoms with van der Waals surface area (Å²) in [7, 11) is 0.